The monoisotopic (exact) mass is 282 g/mol. The van der Waals surface area contributed by atoms with Gasteiger partial charge in [0.2, 0.25) is 0 Å². The molecule has 0 unspecified atom stereocenters. The Bertz CT molecular complexity index is 594. The molecule has 0 amide bonds. The normalized spacial score (nSPS) is 19.4. The number of rotatable bonds is 3. The molecule has 1 fully saturated rings. The number of likely N-dealkylation sites (N-methyl/N-ethyl adjacent to an activating group) is 1. The summed E-state index contributed by atoms with van der Waals surface area (Å²) < 4.78 is 5.21. The third-order valence-corrected chi connectivity index (χ3v) is 4.20. The summed E-state index contributed by atoms with van der Waals surface area (Å²) in [4.78, 5) is 7.29. The first-order valence-electron chi connectivity index (χ1n) is 7.56. The van der Waals surface area contributed by atoms with Crippen LogP contribution in [0.1, 0.15) is 24.5 Å². The molecule has 1 aromatic heterocycles. The minimum Gasteiger partial charge on any atom is -0.497 e. The quantitative estimate of drug-likeness (QED) is 0.860. The van der Waals surface area contributed by atoms with Gasteiger partial charge in [-0.2, -0.15) is 0 Å². The van der Waals surface area contributed by atoms with Gasteiger partial charge in [-0.3, -0.25) is 4.98 Å². The van der Waals surface area contributed by atoms with Crippen molar-refractivity contribution in [2.75, 3.05) is 27.2 Å². The molecule has 2 aromatic rings. The highest BCUT2D eigenvalue weighted by Crippen LogP contribution is 2.27. The van der Waals surface area contributed by atoms with E-state index in [1.807, 2.05) is 12.1 Å². The van der Waals surface area contributed by atoms with E-state index in [1.165, 1.54) is 25.1 Å². The molecule has 1 aliphatic heterocycles. The summed E-state index contributed by atoms with van der Waals surface area (Å²) in [7, 11) is 3.88. The Kier molecular flexibility index (Phi) is 4.20. The maximum Gasteiger partial charge on any atom is 0.118 e. The number of ether oxygens (including phenoxy) is 1. The second kappa shape index (κ2) is 6.27. The fraction of sp³-hybridized carbons (Fsp3) is 0.389. The van der Waals surface area contributed by atoms with E-state index in [9.17, 15) is 0 Å². The lowest BCUT2D eigenvalue weighted by Crippen LogP contribution is -2.31. The van der Waals surface area contributed by atoms with Crippen LogP contribution in [-0.4, -0.2) is 37.1 Å². The molecular formula is C18H22N2O. The summed E-state index contributed by atoms with van der Waals surface area (Å²) in [5.41, 5.74) is 3.40. The molecule has 3 rings (SSSR count). The van der Waals surface area contributed by atoms with Crippen LogP contribution in [0.5, 0.6) is 5.75 Å². The Labute approximate surface area is 126 Å². The molecule has 110 valence electrons. The minimum atomic E-state index is 0.557. The summed E-state index contributed by atoms with van der Waals surface area (Å²) in [6, 6.07) is 14.5. The lowest BCUT2D eigenvalue weighted by Gasteiger charge is -2.29. The second-order valence-corrected chi connectivity index (χ2v) is 5.78. The minimum absolute atomic E-state index is 0.557. The summed E-state index contributed by atoms with van der Waals surface area (Å²) in [5.74, 6) is 1.44. The summed E-state index contributed by atoms with van der Waals surface area (Å²) in [6.45, 7) is 2.31. The zero-order valence-electron chi connectivity index (χ0n) is 12.7. The molecule has 21 heavy (non-hydrogen) atoms. The van der Waals surface area contributed by atoms with Crippen LogP contribution in [0, 0.1) is 0 Å². The number of likely N-dealkylation sites (tertiary alicyclic amines) is 1. The van der Waals surface area contributed by atoms with Gasteiger partial charge in [0.1, 0.15) is 5.75 Å². The first-order chi connectivity index (χ1) is 10.3. The summed E-state index contributed by atoms with van der Waals surface area (Å²) in [5, 5.41) is 0. The van der Waals surface area contributed by atoms with Gasteiger partial charge in [0.25, 0.3) is 0 Å². The van der Waals surface area contributed by atoms with Crippen LogP contribution < -0.4 is 4.74 Å². The second-order valence-electron chi connectivity index (χ2n) is 5.78. The third kappa shape index (κ3) is 3.24. The zero-order chi connectivity index (χ0) is 14.7. The van der Waals surface area contributed by atoms with Crippen LogP contribution >= 0.6 is 0 Å². The number of nitrogens with zero attached hydrogens (tertiary/aromatic N) is 2. The van der Waals surface area contributed by atoms with E-state index in [4.69, 9.17) is 9.72 Å². The van der Waals surface area contributed by atoms with Crippen LogP contribution in [0.25, 0.3) is 11.3 Å². The summed E-state index contributed by atoms with van der Waals surface area (Å²) in [6.07, 6.45) is 2.50. The van der Waals surface area contributed by atoms with E-state index >= 15 is 0 Å². The first kappa shape index (κ1) is 14.1. The highest BCUT2D eigenvalue weighted by molar-refractivity contribution is 5.60. The van der Waals surface area contributed by atoms with Gasteiger partial charge in [0.05, 0.1) is 12.8 Å². The van der Waals surface area contributed by atoms with Crippen molar-refractivity contribution in [3.8, 4) is 17.0 Å². The van der Waals surface area contributed by atoms with Gasteiger partial charge in [-0.05, 0) is 62.8 Å². The van der Waals surface area contributed by atoms with Gasteiger partial charge >= 0.3 is 0 Å². The number of aromatic nitrogens is 1. The van der Waals surface area contributed by atoms with E-state index in [-0.39, 0.29) is 0 Å². The van der Waals surface area contributed by atoms with Crippen molar-refractivity contribution < 1.29 is 4.74 Å². The largest absolute Gasteiger partial charge is 0.497 e. The van der Waals surface area contributed by atoms with Crippen LogP contribution in [0.2, 0.25) is 0 Å². The van der Waals surface area contributed by atoms with Gasteiger partial charge in [0, 0.05) is 23.7 Å². The Hall–Kier alpha value is -1.87. The van der Waals surface area contributed by atoms with Crippen molar-refractivity contribution in [1.29, 1.82) is 0 Å². The zero-order valence-corrected chi connectivity index (χ0v) is 12.7. The molecular weight excluding hydrogens is 260 g/mol. The van der Waals surface area contributed by atoms with E-state index in [1.54, 1.807) is 7.11 Å². The van der Waals surface area contributed by atoms with E-state index in [2.05, 4.69) is 42.3 Å². The number of hydrogen-bond donors (Lipinski definition) is 0. The lowest BCUT2D eigenvalue weighted by molar-refractivity contribution is 0.248. The molecule has 0 spiro atoms. The first-order valence-corrected chi connectivity index (χ1v) is 7.56. The Balaban J connectivity index is 1.85. The SMILES string of the molecule is COc1ccc(-c2cccc([C@@H]3CCCN(C)C3)n2)cc1. The van der Waals surface area contributed by atoms with E-state index < -0.39 is 0 Å². The molecule has 1 atom stereocenters. The number of methoxy groups -OCH3 is 1. The Morgan fingerprint density at radius 1 is 1.14 bits per heavy atom. The standard InChI is InChI=1S/C18H22N2O/c1-20-12-4-5-15(13-20)18-7-3-6-17(19-18)14-8-10-16(21-2)11-9-14/h3,6-11,15H,4-5,12-13H2,1-2H3/t15-/m1/s1. The van der Waals surface area contributed by atoms with E-state index in [0.717, 1.165) is 23.6 Å². The van der Waals surface area contributed by atoms with Crippen LogP contribution in [-0.2, 0) is 0 Å². The summed E-state index contributed by atoms with van der Waals surface area (Å²) >= 11 is 0. The molecule has 0 N–H and O–H groups in total. The fourth-order valence-electron chi connectivity index (χ4n) is 3.01. The van der Waals surface area contributed by atoms with Gasteiger partial charge in [-0.1, -0.05) is 6.07 Å². The van der Waals surface area contributed by atoms with Crippen molar-refractivity contribution in [2.24, 2.45) is 0 Å². The number of benzene rings is 1. The molecule has 0 saturated carbocycles. The number of hydrogen-bond acceptors (Lipinski definition) is 3. The average Bonchev–Trinajstić information content (AvgIpc) is 2.55. The smallest absolute Gasteiger partial charge is 0.118 e. The van der Waals surface area contributed by atoms with Gasteiger partial charge < -0.3 is 9.64 Å². The fourth-order valence-corrected chi connectivity index (χ4v) is 3.01. The van der Waals surface area contributed by atoms with Crippen LogP contribution in [0.4, 0.5) is 0 Å². The van der Waals surface area contributed by atoms with Crippen molar-refractivity contribution in [1.82, 2.24) is 9.88 Å². The topological polar surface area (TPSA) is 25.4 Å². The van der Waals surface area contributed by atoms with Crippen LogP contribution in [0.15, 0.2) is 42.5 Å². The molecule has 0 bridgehead atoms. The highest BCUT2D eigenvalue weighted by Gasteiger charge is 2.20. The van der Waals surface area contributed by atoms with Gasteiger partial charge in [-0.15, -0.1) is 0 Å². The van der Waals surface area contributed by atoms with Crippen LogP contribution in [0.3, 0.4) is 0 Å². The average molecular weight is 282 g/mol. The third-order valence-electron chi connectivity index (χ3n) is 4.20. The van der Waals surface area contributed by atoms with Gasteiger partial charge in [0.15, 0.2) is 0 Å². The van der Waals surface area contributed by atoms with Gasteiger partial charge in [-0.25, -0.2) is 0 Å². The predicted molar refractivity (Wildman–Crippen MR) is 85.7 cm³/mol. The molecule has 3 heteroatoms. The highest BCUT2D eigenvalue weighted by atomic mass is 16.5. The van der Waals surface area contributed by atoms with E-state index in [0.29, 0.717) is 5.92 Å². The molecule has 1 saturated heterocycles. The number of pyridine rings is 1. The van der Waals surface area contributed by atoms with Crippen molar-refractivity contribution in [2.45, 2.75) is 18.8 Å². The molecule has 1 aliphatic rings. The maximum atomic E-state index is 5.21. The Morgan fingerprint density at radius 3 is 2.67 bits per heavy atom. The van der Waals surface area contributed by atoms with Crippen molar-refractivity contribution in [3.05, 3.63) is 48.2 Å². The van der Waals surface area contributed by atoms with Crippen molar-refractivity contribution in [3.63, 3.8) is 0 Å². The predicted octanol–water partition coefficient (Wildman–Crippen LogP) is 3.57. The maximum absolute atomic E-state index is 5.21. The molecule has 0 aliphatic carbocycles. The molecule has 2 heterocycles. The molecule has 0 radical (unpaired) electrons. The van der Waals surface area contributed by atoms with Crippen molar-refractivity contribution >= 4 is 0 Å². The molecule has 1 aromatic carbocycles. The number of piperidine rings is 1. The lowest BCUT2D eigenvalue weighted by atomic mass is 9.94. The Morgan fingerprint density at radius 2 is 1.95 bits per heavy atom. The molecule has 3 nitrogen and oxygen atoms in total.